The summed E-state index contributed by atoms with van der Waals surface area (Å²) in [6, 6.07) is 8.67. The SMILES string of the molecule is COc1cc(F)c(S(=O)(=O)Nc2ccc(Sc3nncs3)cc2)cc1OC. The molecular weight excluding hydrogens is 413 g/mol. The highest BCUT2D eigenvalue weighted by Gasteiger charge is 2.23. The van der Waals surface area contributed by atoms with E-state index in [9.17, 15) is 12.8 Å². The van der Waals surface area contributed by atoms with Crippen molar-refractivity contribution in [2.75, 3.05) is 18.9 Å². The standard InChI is InChI=1S/C16H14FN3O4S3/c1-23-13-7-12(17)15(8-14(13)24-2)27(21,22)20-10-3-5-11(6-4-10)26-16-19-18-9-25-16/h3-9,20H,1-2H3. The summed E-state index contributed by atoms with van der Waals surface area (Å²) in [6.07, 6.45) is 0. The van der Waals surface area contributed by atoms with Crippen LogP contribution in [0.4, 0.5) is 10.1 Å². The molecule has 0 spiro atoms. The topological polar surface area (TPSA) is 90.4 Å². The number of halogens is 1. The third-order valence-electron chi connectivity index (χ3n) is 3.38. The molecule has 0 aliphatic carbocycles. The molecule has 0 fully saturated rings. The van der Waals surface area contributed by atoms with Crippen LogP contribution in [0.5, 0.6) is 11.5 Å². The van der Waals surface area contributed by atoms with Crippen molar-refractivity contribution >= 4 is 38.8 Å². The highest BCUT2D eigenvalue weighted by atomic mass is 32.2. The van der Waals surface area contributed by atoms with E-state index >= 15 is 0 Å². The minimum Gasteiger partial charge on any atom is -0.493 e. The Morgan fingerprint density at radius 2 is 1.78 bits per heavy atom. The number of hydrogen-bond acceptors (Lipinski definition) is 8. The first-order valence-electron chi connectivity index (χ1n) is 7.41. The molecule has 142 valence electrons. The highest BCUT2D eigenvalue weighted by Crippen LogP contribution is 2.33. The molecule has 7 nitrogen and oxygen atoms in total. The molecule has 1 heterocycles. The summed E-state index contributed by atoms with van der Waals surface area (Å²) >= 11 is 2.81. The zero-order valence-corrected chi connectivity index (χ0v) is 16.6. The molecule has 0 aliphatic heterocycles. The Morgan fingerprint density at radius 3 is 2.37 bits per heavy atom. The molecule has 0 aliphatic rings. The van der Waals surface area contributed by atoms with Crippen LogP contribution in [0.3, 0.4) is 0 Å². The van der Waals surface area contributed by atoms with E-state index in [4.69, 9.17) is 9.47 Å². The molecule has 0 saturated heterocycles. The fraction of sp³-hybridized carbons (Fsp3) is 0.125. The van der Waals surface area contributed by atoms with Crippen LogP contribution in [0.25, 0.3) is 0 Å². The van der Waals surface area contributed by atoms with Crippen LogP contribution < -0.4 is 14.2 Å². The van der Waals surface area contributed by atoms with Gasteiger partial charge in [-0.1, -0.05) is 23.1 Å². The van der Waals surface area contributed by atoms with E-state index in [-0.39, 0.29) is 11.5 Å². The van der Waals surface area contributed by atoms with Gasteiger partial charge in [0.15, 0.2) is 15.8 Å². The van der Waals surface area contributed by atoms with Crippen molar-refractivity contribution in [3.05, 3.63) is 47.7 Å². The second-order valence-electron chi connectivity index (χ2n) is 5.07. The lowest BCUT2D eigenvalue weighted by molar-refractivity contribution is 0.350. The van der Waals surface area contributed by atoms with Crippen LogP contribution in [0.15, 0.2) is 56.0 Å². The zero-order chi connectivity index (χ0) is 19.4. The van der Waals surface area contributed by atoms with Gasteiger partial charge in [-0.25, -0.2) is 12.8 Å². The third-order valence-corrected chi connectivity index (χ3v) is 6.56. The molecule has 0 saturated carbocycles. The Hall–Kier alpha value is -2.37. The predicted octanol–water partition coefficient (Wildman–Crippen LogP) is 3.65. The van der Waals surface area contributed by atoms with Crippen molar-refractivity contribution in [1.82, 2.24) is 10.2 Å². The summed E-state index contributed by atoms with van der Waals surface area (Å²) in [7, 11) is -1.47. The first-order valence-corrected chi connectivity index (χ1v) is 10.6. The second-order valence-corrected chi connectivity index (χ2v) is 8.88. The van der Waals surface area contributed by atoms with Gasteiger partial charge in [0.1, 0.15) is 16.2 Å². The van der Waals surface area contributed by atoms with Gasteiger partial charge in [-0.15, -0.1) is 10.2 Å². The average molecular weight is 428 g/mol. The molecule has 27 heavy (non-hydrogen) atoms. The number of benzene rings is 2. The molecule has 2 aromatic carbocycles. The van der Waals surface area contributed by atoms with Gasteiger partial charge in [0, 0.05) is 22.7 Å². The molecule has 3 rings (SSSR count). The monoisotopic (exact) mass is 427 g/mol. The summed E-state index contributed by atoms with van der Waals surface area (Å²) in [5.41, 5.74) is 1.92. The van der Waals surface area contributed by atoms with Gasteiger partial charge in [0.05, 0.1) is 14.2 Å². The molecule has 1 aromatic heterocycles. The largest absolute Gasteiger partial charge is 0.493 e. The Kier molecular flexibility index (Phi) is 5.82. The van der Waals surface area contributed by atoms with Crippen molar-refractivity contribution in [2.45, 2.75) is 14.1 Å². The normalized spacial score (nSPS) is 11.2. The van der Waals surface area contributed by atoms with E-state index in [2.05, 4.69) is 14.9 Å². The number of hydrogen-bond donors (Lipinski definition) is 1. The van der Waals surface area contributed by atoms with E-state index in [1.807, 2.05) is 0 Å². The van der Waals surface area contributed by atoms with Crippen molar-refractivity contribution in [3.8, 4) is 11.5 Å². The van der Waals surface area contributed by atoms with E-state index in [1.54, 1.807) is 29.8 Å². The summed E-state index contributed by atoms with van der Waals surface area (Å²) in [5, 5.41) is 7.68. The van der Waals surface area contributed by atoms with Gasteiger partial charge in [-0.2, -0.15) is 0 Å². The molecule has 11 heteroatoms. The van der Waals surface area contributed by atoms with Crippen molar-refractivity contribution < 1.29 is 22.3 Å². The maximum Gasteiger partial charge on any atom is 0.264 e. The molecule has 0 amide bonds. The smallest absolute Gasteiger partial charge is 0.264 e. The lowest BCUT2D eigenvalue weighted by atomic mass is 10.3. The molecule has 3 aromatic rings. The van der Waals surface area contributed by atoms with Crippen LogP contribution in [0, 0.1) is 5.82 Å². The number of anilines is 1. The number of ether oxygens (including phenoxy) is 2. The predicted molar refractivity (Wildman–Crippen MR) is 101 cm³/mol. The van der Waals surface area contributed by atoms with Gasteiger partial charge in [-0.05, 0) is 24.3 Å². The molecule has 0 radical (unpaired) electrons. The summed E-state index contributed by atoms with van der Waals surface area (Å²) < 4.78 is 52.5. The first-order chi connectivity index (χ1) is 12.9. The van der Waals surface area contributed by atoms with Gasteiger partial charge < -0.3 is 9.47 Å². The number of methoxy groups -OCH3 is 2. The Morgan fingerprint density at radius 1 is 1.11 bits per heavy atom. The number of nitrogens with zero attached hydrogens (tertiary/aromatic N) is 2. The van der Waals surface area contributed by atoms with Gasteiger partial charge >= 0.3 is 0 Å². The van der Waals surface area contributed by atoms with Crippen molar-refractivity contribution in [1.29, 1.82) is 0 Å². The van der Waals surface area contributed by atoms with Crippen LogP contribution in [-0.2, 0) is 10.0 Å². The molecule has 0 unspecified atom stereocenters. The number of nitrogens with one attached hydrogen (secondary N) is 1. The highest BCUT2D eigenvalue weighted by molar-refractivity contribution is 8.01. The molecule has 0 bridgehead atoms. The minimum atomic E-state index is -4.15. The number of sulfonamides is 1. The maximum atomic E-state index is 14.3. The van der Waals surface area contributed by atoms with Crippen molar-refractivity contribution in [3.63, 3.8) is 0 Å². The van der Waals surface area contributed by atoms with Crippen LogP contribution >= 0.6 is 23.1 Å². The van der Waals surface area contributed by atoms with E-state index in [1.165, 1.54) is 37.3 Å². The van der Waals surface area contributed by atoms with Crippen LogP contribution in [0.2, 0.25) is 0 Å². The van der Waals surface area contributed by atoms with Gasteiger partial charge in [0.25, 0.3) is 10.0 Å². The van der Waals surface area contributed by atoms with Gasteiger partial charge in [-0.3, -0.25) is 4.72 Å². The maximum absolute atomic E-state index is 14.3. The molecule has 0 atom stereocenters. The van der Waals surface area contributed by atoms with Crippen molar-refractivity contribution in [2.24, 2.45) is 0 Å². The fourth-order valence-corrected chi connectivity index (χ4v) is 4.74. The molecular formula is C16H14FN3O4S3. The summed E-state index contributed by atoms with van der Waals surface area (Å²) in [4.78, 5) is 0.333. The average Bonchev–Trinajstić information content (AvgIpc) is 3.15. The first kappa shape index (κ1) is 19.4. The van der Waals surface area contributed by atoms with E-state index in [0.29, 0.717) is 5.69 Å². The lowest BCUT2D eigenvalue weighted by Crippen LogP contribution is -2.15. The Balaban J connectivity index is 1.82. The summed E-state index contributed by atoms with van der Waals surface area (Å²) in [5.74, 6) is -0.723. The number of rotatable bonds is 7. The summed E-state index contributed by atoms with van der Waals surface area (Å²) in [6.45, 7) is 0. The third kappa shape index (κ3) is 4.49. The Bertz CT molecular complexity index is 1030. The number of aromatic nitrogens is 2. The van der Waals surface area contributed by atoms with Crippen LogP contribution in [-0.4, -0.2) is 32.8 Å². The second kappa shape index (κ2) is 8.11. The quantitative estimate of drug-likeness (QED) is 0.615. The fourth-order valence-electron chi connectivity index (χ4n) is 2.15. The Labute approximate surface area is 163 Å². The minimum absolute atomic E-state index is 0.104. The van der Waals surface area contributed by atoms with E-state index < -0.39 is 20.7 Å². The van der Waals surface area contributed by atoms with Gasteiger partial charge in [0.2, 0.25) is 0 Å². The zero-order valence-electron chi connectivity index (χ0n) is 14.2. The van der Waals surface area contributed by atoms with Crippen LogP contribution in [0.1, 0.15) is 0 Å². The lowest BCUT2D eigenvalue weighted by Gasteiger charge is -2.13. The van der Waals surface area contributed by atoms with E-state index in [0.717, 1.165) is 21.4 Å². The molecule has 1 N–H and O–H groups in total.